The smallest absolute Gasteiger partial charge is 0.164 e. The van der Waals surface area contributed by atoms with Crippen LogP contribution < -0.4 is 32.8 Å². The van der Waals surface area contributed by atoms with E-state index in [0.717, 1.165) is 50.0 Å². The Morgan fingerprint density at radius 2 is 0.810 bits per heavy atom. The van der Waals surface area contributed by atoms with E-state index in [1.807, 2.05) is 66.7 Å². The van der Waals surface area contributed by atoms with Crippen LogP contribution in [0.25, 0.3) is 111 Å². The summed E-state index contributed by atoms with van der Waals surface area (Å²) in [6.07, 6.45) is 0. The highest BCUT2D eigenvalue weighted by Crippen LogP contribution is 2.41. The van der Waals surface area contributed by atoms with Gasteiger partial charge in [-0.25, -0.2) is 15.0 Å². The van der Waals surface area contributed by atoms with Gasteiger partial charge in [0, 0.05) is 71.4 Å². The third-order valence-electron chi connectivity index (χ3n) is 13.0. The largest absolute Gasteiger partial charge is 0.456 e. The van der Waals surface area contributed by atoms with E-state index in [2.05, 4.69) is 141 Å². The van der Waals surface area contributed by atoms with Crippen molar-refractivity contribution in [3.63, 3.8) is 0 Å². The van der Waals surface area contributed by atoms with Gasteiger partial charge < -0.3 is 13.6 Å². The molecular formula is C51H37B6N5O. The number of rotatable bonds is 5. The summed E-state index contributed by atoms with van der Waals surface area (Å²) in [4.78, 5) is 15.1. The van der Waals surface area contributed by atoms with Crippen LogP contribution in [0, 0.1) is 0 Å². The molecule has 0 spiro atoms. The minimum atomic E-state index is 0.607. The quantitative estimate of drug-likeness (QED) is 0.252. The molecule has 0 bridgehead atoms. The van der Waals surface area contributed by atoms with Crippen LogP contribution in [-0.2, 0) is 0 Å². The minimum absolute atomic E-state index is 0.607. The fourth-order valence-electron chi connectivity index (χ4n) is 10.3. The van der Waals surface area contributed by atoms with Crippen LogP contribution in [0.15, 0.2) is 156 Å². The Kier molecular flexibility index (Phi) is 8.32. The monoisotopic (exact) mass is 801 g/mol. The highest BCUT2D eigenvalue weighted by atomic mass is 16.3. The summed E-state index contributed by atoms with van der Waals surface area (Å²) in [5, 5.41) is 7.16. The lowest BCUT2D eigenvalue weighted by molar-refractivity contribution is 0.669. The molecule has 8 aromatic carbocycles. The third-order valence-corrected chi connectivity index (χ3v) is 13.0. The lowest BCUT2D eigenvalue weighted by atomic mass is 9.74. The number of furan rings is 1. The SMILES string of the molecule is Bc1cc(B)c2c(c1)c1c(B)c(B)c3c4cc(B)cc(B)c4n(-c4ccc5oc6ccc(-c7nc(-c8ccccc8)nc(-c8ccccc8)n7)cc6c5c4)c3c1n2-c1ccccc1. The molecule has 12 aromatic rings. The first-order chi connectivity index (χ1) is 30.7. The molecule has 0 atom stereocenters. The number of aromatic nitrogens is 5. The maximum absolute atomic E-state index is 6.60. The summed E-state index contributed by atoms with van der Waals surface area (Å²) < 4.78 is 11.6. The van der Waals surface area contributed by atoms with Crippen molar-refractivity contribution in [2.75, 3.05) is 0 Å². The van der Waals surface area contributed by atoms with Gasteiger partial charge in [0.2, 0.25) is 0 Å². The summed E-state index contributed by atoms with van der Waals surface area (Å²) in [7, 11) is 13.6. The van der Waals surface area contributed by atoms with E-state index < -0.39 is 0 Å². The molecule has 0 aliphatic heterocycles. The van der Waals surface area contributed by atoms with Gasteiger partial charge in [0.15, 0.2) is 17.5 Å². The number of fused-ring (bicyclic) bond motifs is 10. The van der Waals surface area contributed by atoms with E-state index in [1.165, 1.54) is 76.4 Å². The lowest BCUT2D eigenvalue weighted by Crippen LogP contribution is -2.27. The summed E-state index contributed by atoms with van der Waals surface area (Å²) >= 11 is 0. The second kappa shape index (κ2) is 14.0. The number of hydrogen-bond acceptors (Lipinski definition) is 4. The van der Waals surface area contributed by atoms with Crippen molar-refractivity contribution in [3.8, 4) is 45.5 Å². The van der Waals surface area contributed by atoms with Crippen molar-refractivity contribution in [1.82, 2.24) is 24.1 Å². The van der Waals surface area contributed by atoms with E-state index in [4.69, 9.17) is 19.4 Å². The van der Waals surface area contributed by atoms with Crippen LogP contribution >= 0.6 is 0 Å². The fraction of sp³-hybridized carbons (Fsp3) is 0. The molecule has 12 rings (SSSR count). The molecule has 0 amide bonds. The fourth-order valence-corrected chi connectivity index (χ4v) is 10.3. The average molecular weight is 801 g/mol. The van der Waals surface area contributed by atoms with Gasteiger partial charge in [-0.05, 0) is 48.5 Å². The summed E-state index contributed by atoms with van der Waals surface area (Å²) in [6, 6.07) is 53.4. The molecule has 290 valence electrons. The molecule has 4 aromatic heterocycles. The van der Waals surface area contributed by atoms with Crippen LogP contribution in [0.2, 0.25) is 0 Å². The first kappa shape index (κ1) is 37.3. The van der Waals surface area contributed by atoms with Crippen molar-refractivity contribution in [1.29, 1.82) is 0 Å². The lowest BCUT2D eigenvalue weighted by Gasteiger charge is -2.15. The topological polar surface area (TPSA) is 61.7 Å². The molecular weight excluding hydrogens is 763 g/mol. The molecule has 4 heterocycles. The number of nitrogens with zero attached hydrogens (tertiary/aromatic N) is 5. The summed E-state index contributed by atoms with van der Waals surface area (Å²) in [5.41, 5.74) is 19.1. The normalized spacial score (nSPS) is 11.9. The van der Waals surface area contributed by atoms with Gasteiger partial charge in [-0.3, -0.25) is 0 Å². The van der Waals surface area contributed by atoms with E-state index in [-0.39, 0.29) is 0 Å². The predicted molar refractivity (Wildman–Crippen MR) is 281 cm³/mol. The third kappa shape index (κ3) is 5.70. The van der Waals surface area contributed by atoms with Gasteiger partial charge in [-0.1, -0.05) is 136 Å². The van der Waals surface area contributed by atoms with Crippen LogP contribution in [0.4, 0.5) is 0 Å². The van der Waals surface area contributed by atoms with E-state index in [9.17, 15) is 0 Å². The van der Waals surface area contributed by atoms with E-state index in [1.54, 1.807) is 0 Å². The van der Waals surface area contributed by atoms with Crippen molar-refractivity contribution in [3.05, 3.63) is 152 Å². The number of para-hydroxylation sites is 1. The molecule has 0 N–H and O–H groups in total. The van der Waals surface area contributed by atoms with Crippen molar-refractivity contribution < 1.29 is 4.42 Å². The van der Waals surface area contributed by atoms with E-state index in [0.29, 0.717) is 17.5 Å². The molecule has 0 fully saturated rings. The van der Waals surface area contributed by atoms with Crippen molar-refractivity contribution in [2.45, 2.75) is 0 Å². The van der Waals surface area contributed by atoms with Gasteiger partial charge in [0.1, 0.15) is 58.2 Å². The van der Waals surface area contributed by atoms with Crippen LogP contribution in [0.5, 0.6) is 0 Å². The van der Waals surface area contributed by atoms with Gasteiger partial charge in [-0.2, -0.15) is 0 Å². The van der Waals surface area contributed by atoms with Crippen LogP contribution in [0.1, 0.15) is 0 Å². The van der Waals surface area contributed by atoms with Crippen LogP contribution in [0.3, 0.4) is 0 Å². The zero-order chi connectivity index (χ0) is 42.7. The van der Waals surface area contributed by atoms with Gasteiger partial charge in [0.25, 0.3) is 0 Å². The molecule has 63 heavy (non-hydrogen) atoms. The molecule has 0 aliphatic carbocycles. The first-order valence-corrected chi connectivity index (χ1v) is 21.6. The Bertz CT molecular complexity index is 3810. The molecule has 0 unspecified atom stereocenters. The molecule has 0 aliphatic rings. The van der Waals surface area contributed by atoms with Gasteiger partial charge >= 0.3 is 0 Å². The highest BCUT2D eigenvalue weighted by Gasteiger charge is 2.27. The maximum Gasteiger partial charge on any atom is 0.164 e. The second-order valence-electron chi connectivity index (χ2n) is 17.2. The average Bonchev–Trinajstić information content (AvgIpc) is 3.96. The standard InChI is InChI=1S/C51H37B6N5O/c52-29-21-35-41-43(56)44(57)42-36-22-30(53)24-38(55)46(36)62(48(42)47(41)61(45(35)37(54)23-29)31-14-8-3-9-15-31)32-17-19-40-34(25-32)33-20-28(16-18-39(33)63-40)51-59-49(26-10-4-1-5-11-26)58-50(60-51)27-12-6-2-7-13-27/h1-25H,52-57H2. The Hall–Kier alpha value is -7.44. The Morgan fingerprint density at radius 1 is 0.365 bits per heavy atom. The molecule has 12 heteroatoms. The van der Waals surface area contributed by atoms with Gasteiger partial charge in [0.05, 0.1) is 11.0 Å². The van der Waals surface area contributed by atoms with E-state index >= 15 is 0 Å². The summed E-state index contributed by atoms with van der Waals surface area (Å²) in [5.74, 6) is 1.87. The first-order valence-electron chi connectivity index (χ1n) is 21.6. The number of benzene rings is 8. The Labute approximate surface area is 369 Å². The molecule has 0 saturated carbocycles. The maximum atomic E-state index is 6.60. The minimum Gasteiger partial charge on any atom is -0.456 e. The van der Waals surface area contributed by atoms with Crippen molar-refractivity contribution >= 4 is 145 Å². The molecule has 0 radical (unpaired) electrons. The van der Waals surface area contributed by atoms with Crippen molar-refractivity contribution in [2.24, 2.45) is 0 Å². The zero-order valence-corrected chi connectivity index (χ0v) is 36.1. The van der Waals surface area contributed by atoms with Crippen LogP contribution in [-0.4, -0.2) is 71.2 Å². The molecule has 0 saturated heterocycles. The zero-order valence-electron chi connectivity index (χ0n) is 36.1. The number of hydrogen-bond donors (Lipinski definition) is 0. The predicted octanol–water partition coefficient (Wildman–Crippen LogP) is 2.52. The highest BCUT2D eigenvalue weighted by molar-refractivity contribution is 6.61. The van der Waals surface area contributed by atoms with Gasteiger partial charge in [-0.15, -0.1) is 0 Å². The summed E-state index contributed by atoms with van der Waals surface area (Å²) in [6.45, 7) is 0. The second-order valence-corrected chi connectivity index (χ2v) is 17.2. The Balaban J connectivity index is 1.16. The Morgan fingerprint density at radius 3 is 1.33 bits per heavy atom. The molecule has 6 nitrogen and oxygen atoms in total.